The van der Waals surface area contributed by atoms with Gasteiger partial charge in [0.1, 0.15) is 24.2 Å². The Morgan fingerprint density at radius 2 is 1.72 bits per heavy atom. The highest BCUT2D eigenvalue weighted by Gasteiger charge is 2.13. The van der Waals surface area contributed by atoms with E-state index in [-0.39, 0.29) is 11.9 Å². The van der Waals surface area contributed by atoms with Gasteiger partial charge in [0.25, 0.3) is 5.91 Å². The molecule has 1 N–H and O–H groups in total. The Morgan fingerprint density at radius 1 is 0.966 bits per heavy atom. The number of carbonyl (C=O) groups excluding carboxylic acids is 1. The molecule has 1 amide bonds. The Bertz CT molecular complexity index is 1080. The number of nitrogens with one attached hydrogen (secondary N) is 1. The van der Waals surface area contributed by atoms with Crippen molar-refractivity contribution in [2.24, 2.45) is 0 Å². The van der Waals surface area contributed by atoms with E-state index in [9.17, 15) is 4.79 Å². The van der Waals surface area contributed by atoms with Crippen LogP contribution in [0, 0.1) is 0 Å². The number of ether oxygens (including phenoxy) is 1. The van der Waals surface area contributed by atoms with Crippen LogP contribution in [0.4, 0.5) is 0 Å². The molecule has 0 saturated heterocycles. The molecule has 0 radical (unpaired) electrons. The number of hydrogen-bond donors (Lipinski definition) is 1. The maximum Gasteiger partial charge on any atom is 0.251 e. The SMILES string of the molecule is CC(NC(=O)c1cccc(Oc2ccccc2)c1)c1ccc(-n2cncn2)cc1. The molecule has 0 aliphatic rings. The molecule has 4 aromatic rings. The first-order valence-electron chi connectivity index (χ1n) is 9.28. The molecule has 6 nitrogen and oxygen atoms in total. The fourth-order valence-corrected chi connectivity index (χ4v) is 2.95. The summed E-state index contributed by atoms with van der Waals surface area (Å²) in [7, 11) is 0. The summed E-state index contributed by atoms with van der Waals surface area (Å²) in [6, 6.07) is 24.3. The number of hydrogen-bond acceptors (Lipinski definition) is 4. The second kappa shape index (κ2) is 8.39. The molecule has 3 aromatic carbocycles. The molecule has 1 heterocycles. The highest BCUT2D eigenvalue weighted by Crippen LogP contribution is 2.22. The predicted octanol–water partition coefficient (Wildman–Crippen LogP) is 4.55. The predicted molar refractivity (Wildman–Crippen MR) is 110 cm³/mol. The van der Waals surface area contributed by atoms with Crippen LogP contribution < -0.4 is 10.1 Å². The molecule has 0 bridgehead atoms. The summed E-state index contributed by atoms with van der Waals surface area (Å²) in [5.74, 6) is 1.19. The van der Waals surface area contributed by atoms with Crippen LogP contribution in [0.15, 0.2) is 91.5 Å². The summed E-state index contributed by atoms with van der Waals surface area (Å²) in [5, 5.41) is 7.14. The minimum absolute atomic E-state index is 0.147. The second-order valence-corrected chi connectivity index (χ2v) is 6.57. The number of benzene rings is 3. The molecule has 4 rings (SSSR count). The molecular weight excluding hydrogens is 364 g/mol. The summed E-state index contributed by atoms with van der Waals surface area (Å²) in [4.78, 5) is 16.6. The first-order valence-corrected chi connectivity index (χ1v) is 9.28. The monoisotopic (exact) mass is 384 g/mol. The number of aromatic nitrogens is 3. The minimum Gasteiger partial charge on any atom is -0.457 e. The van der Waals surface area contributed by atoms with Gasteiger partial charge in [0.15, 0.2) is 0 Å². The zero-order valence-corrected chi connectivity index (χ0v) is 15.9. The summed E-state index contributed by atoms with van der Waals surface area (Å²) < 4.78 is 7.50. The minimum atomic E-state index is -0.156. The van der Waals surface area contributed by atoms with E-state index in [2.05, 4.69) is 15.4 Å². The maximum absolute atomic E-state index is 12.7. The molecule has 0 spiro atoms. The number of para-hydroxylation sites is 1. The number of nitrogens with zero attached hydrogens (tertiary/aromatic N) is 3. The zero-order valence-electron chi connectivity index (χ0n) is 15.9. The lowest BCUT2D eigenvalue weighted by atomic mass is 10.1. The van der Waals surface area contributed by atoms with E-state index in [1.807, 2.05) is 73.7 Å². The lowest BCUT2D eigenvalue weighted by Gasteiger charge is -2.15. The van der Waals surface area contributed by atoms with Gasteiger partial charge < -0.3 is 10.1 Å². The van der Waals surface area contributed by atoms with Crippen molar-refractivity contribution in [2.75, 3.05) is 0 Å². The lowest BCUT2D eigenvalue weighted by molar-refractivity contribution is 0.0939. The van der Waals surface area contributed by atoms with Gasteiger partial charge >= 0.3 is 0 Å². The largest absolute Gasteiger partial charge is 0.457 e. The van der Waals surface area contributed by atoms with Gasteiger partial charge in [0.05, 0.1) is 11.7 Å². The van der Waals surface area contributed by atoms with E-state index in [1.54, 1.807) is 23.1 Å². The third-order valence-electron chi connectivity index (χ3n) is 4.50. The fraction of sp³-hybridized carbons (Fsp3) is 0.0870. The average Bonchev–Trinajstić information content (AvgIpc) is 3.30. The van der Waals surface area contributed by atoms with Gasteiger partial charge in [-0.25, -0.2) is 9.67 Å². The van der Waals surface area contributed by atoms with E-state index in [0.29, 0.717) is 11.3 Å². The Hall–Kier alpha value is -3.93. The van der Waals surface area contributed by atoms with E-state index in [0.717, 1.165) is 17.0 Å². The van der Waals surface area contributed by atoms with Crippen molar-refractivity contribution < 1.29 is 9.53 Å². The Morgan fingerprint density at radius 3 is 2.45 bits per heavy atom. The number of carbonyl (C=O) groups is 1. The molecule has 6 heteroatoms. The standard InChI is InChI=1S/C23H20N4O2/c1-17(18-10-12-20(13-11-18)27-16-24-15-25-27)26-23(28)19-6-5-9-22(14-19)29-21-7-3-2-4-8-21/h2-17H,1H3,(H,26,28). The molecular formula is C23H20N4O2. The Kier molecular flexibility index (Phi) is 5.33. The van der Waals surface area contributed by atoms with Crippen molar-refractivity contribution in [2.45, 2.75) is 13.0 Å². The maximum atomic E-state index is 12.7. The lowest BCUT2D eigenvalue weighted by Crippen LogP contribution is -2.26. The van der Waals surface area contributed by atoms with Crippen molar-refractivity contribution in [3.8, 4) is 17.2 Å². The van der Waals surface area contributed by atoms with Crippen LogP contribution >= 0.6 is 0 Å². The third kappa shape index (κ3) is 4.50. The van der Waals surface area contributed by atoms with E-state index in [1.165, 1.54) is 6.33 Å². The van der Waals surface area contributed by atoms with Crippen LogP contribution in [0.1, 0.15) is 28.9 Å². The van der Waals surface area contributed by atoms with Gasteiger partial charge in [-0.3, -0.25) is 4.79 Å². The van der Waals surface area contributed by atoms with Crippen molar-refractivity contribution in [3.63, 3.8) is 0 Å². The molecule has 1 unspecified atom stereocenters. The van der Waals surface area contributed by atoms with Crippen LogP contribution in [0.3, 0.4) is 0 Å². The molecule has 1 atom stereocenters. The van der Waals surface area contributed by atoms with Crippen molar-refractivity contribution in [3.05, 3.63) is 103 Å². The Balaban J connectivity index is 1.43. The topological polar surface area (TPSA) is 69.0 Å². The van der Waals surface area contributed by atoms with Crippen LogP contribution in [-0.4, -0.2) is 20.7 Å². The van der Waals surface area contributed by atoms with Crippen LogP contribution in [0.25, 0.3) is 5.69 Å². The van der Waals surface area contributed by atoms with Crippen molar-refractivity contribution in [1.82, 2.24) is 20.1 Å². The van der Waals surface area contributed by atoms with Crippen molar-refractivity contribution in [1.29, 1.82) is 0 Å². The van der Waals surface area contributed by atoms with Crippen molar-refractivity contribution >= 4 is 5.91 Å². The summed E-state index contributed by atoms with van der Waals surface area (Å²) >= 11 is 0. The van der Waals surface area contributed by atoms with Gasteiger partial charge in [0, 0.05) is 5.56 Å². The first kappa shape index (κ1) is 18.4. The molecule has 29 heavy (non-hydrogen) atoms. The van der Waals surface area contributed by atoms with E-state index in [4.69, 9.17) is 4.74 Å². The fourth-order valence-electron chi connectivity index (χ4n) is 2.95. The van der Waals surface area contributed by atoms with Gasteiger partial charge in [0.2, 0.25) is 0 Å². The zero-order chi connectivity index (χ0) is 20.1. The second-order valence-electron chi connectivity index (χ2n) is 6.57. The normalized spacial score (nSPS) is 11.6. The van der Waals surface area contributed by atoms with Crippen LogP contribution in [0.2, 0.25) is 0 Å². The molecule has 0 aliphatic carbocycles. The van der Waals surface area contributed by atoms with Gasteiger partial charge in [-0.05, 0) is 55.0 Å². The molecule has 144 valence electrons. The molecule has 1 aromatic heterocycles. The summed E-state index contributed by atoms with van der Waals surface area (Å²) in [5.41, 5.74) is 2.46. The summed E-state index contributed by atoms with van der Waals surface area (Å²) in [6.07, 6.45) is 3.14. The molecule has 0 fully saturated rings. The smallest absolute Gasteiger partial charge is 0.251 e. The van der Waals surface area contributed by atoms with Gasteiger partial charge in [-0.1, -0.05) is 36.4 Å². The third-order valence-corrected chi connectivity index (χ3v) is 4.50. The van der Waals surface area contributed by atoms with E-state index >= 15 is 0 Å². The van der Waals surface area contributed by atoms with Gasteiger partial charge in [-0.2, -0.15) is 5.10 Å². The summed E-state index contributed by atoms with van der Waals surface area (Å²) in [6.45, 7) is 1.95. The quantitative estimate of drug-likeness (QED) is 0.529. The first-order chi connectivity index (χ1) is 14.2. The van der Waals surface area contributed by atoms with Crippen LogP contribution in [-0.2, 0) is 0 Å². The van der Waals surface area contributed by atoms with Crippen LogP contribution in [0.5, 0.6) is 11.5 Å². The Labute approximate surface area is 168 Å². The average molecular weight is 384 g/mol. The highest BCUT2D eigenvalue weighted by atomic mass is 16.5. The molecule has 0 saturated carbocycles. The number of rotatable bonds is 6. The molecule has 0 aliphatic heterocycles. The van der Waals surface area contributed by atoms with Gasteiger partial charge in [-0.15, -0.1) is 0 Å². The highest BCUT2D eigenvalue weighted by molar-refractivity contribution is 5.94. The van der Waals surface area contributed by atoms with E-state index < -0.39 is 0 Å². The number of amides is 1.